The third kappa shape index (κ3) is 2.28. The molecule has 0 spiro atoms. The minimum atomic E-state index is 0.159. The number of allylic oxidation sites excluding steroid dienone is 1. The Bertz CT molecular complexity index is 608. The van der Waals surface area contributed by atoms with Gasteiger partial charge in [-0.1, -0.05) is 11.6 Å². The molecule has 20 heavy (non-hydrogen) atoms. The summed E-state index contributed by atoms with van der Waals surface area (Å²) in [6.45, 7) is 6.07. The van der Waals surface area contributed by atoms with Crippen molar-refractivity contribution in [3.63, 3.8) is 0 Å². The number of carbonyl (C=O) groups is 1. The van der Waals surface area contributed by atoms with E-state index in [1.807, 2.05) is 0 Å². The van der Waals surface area contributed by atoms with Gasteiger partial charge in [0.2, 0.25) is 0 Å². The molecule has 1 aromatic carbocycles. The van der Waals surface area contributed by atoms with E-state index < -0.39 is 0 Å². The van der Waals surface area contributed by atoms with E-state index in [0.717, 1.165) is 24.4 Å². The maximum absolute atomic E-state index is 11.6. The topological polar surface area (TPSA) is 43.1 Å². The first-order valence-electron chi connectivity index (χ1n) is 7.56. The number of nitrogen functional groups attached to an aromatic ring is 1. The third-order valence-electron chi connectivity index (χ3n) is 4.97. The quantitative estimate of drug-likeness (QED) is 0.850. The average molecular weight is 269 g/mol. The largest absolute Gasteiger partial charge is 0.398 e. The molecule has 2 N–H and O–H groups in total. The Kier molecular flexibility index (Phi) is 3.19. The number of nitrogens with two attached hydrogens (primary N) is 1. The van der Waals surface area contributed by atoms with Crippen molar-refractivity contribution in [3.05, 3.63) is 33.9 Å². The number of hydrogen-bond donors (Lipinski definition) is 1. The SMILES string of the molecule is CC(=O)C1Cc2cc(N)c(/C=C(\C)C3CC3)c(C)c2C1. The van der Waals surface area contributed by atoms with E-state index in [1.54, 1.807) is 6.92 Å². The fourth-order valence-corrected chi connectivity index (χ4v) is 3.39. The molecule has 0 amide bonds. The van der Waals surface area contributed by atoms with Crippen LogP contribution in [0.1, 0.15) is 48.9 Å². The number of fused-ring (bicyclic) bond motifs is 1. The minimum absolute atomic E-state index is 0.159. The highest BCUT2D eigenvalue weighted by atomic mass is 16.1. The fraction of sp³-hybridized carbons (Fsp3) is 0.500. The molecule has 2 nitrogen and oxygen atoms in total. The van der Waals surface area contributed by atoms with Crippen LogP contribution in [0.2, 0.25) is 0 Å². The zero-order chi connectivity index (χ0) is 14.4. The summed E-state index contributed by atoms with van der Waals surface area (Å²) in [5, 5.41) is 0. The van der Waals surface area contributed by atoms with Gasteiger partial charge < -0.3 is 5.73 Å². The van der Waals surface area contributed by atoms with Gasteiger partial charge >= 0.3 is 0 Å². The van der Waals surface area contributed by atoms with Gasteiger partial charge in [-0.15, -0.1) is 0 Å². The molecule has 2 heteroatoms. The van der Waals surface area contributed by atoms with E-state index in [1.165, 1.54) is 40.7 Å². The van der Waals surface area contributed by atoms with Crippen molar-refractivity contribution < 1.29 is 4.79 Å². The molecule has 1 saturated carbocycles. The van der Waals surface area contributed by atoms with Crippen LogP contribution in [-0.4, -0.2) is 5.78 Å². The van der Waals surface area contributed by atoms with Crippen molar-refractivity contribution >= 4 is 17.5 Å². The lowest BCUT2D eigenvalue weighted by molar-refractivity contribution is -0.120. The first-order chi connectivity index (χ1) is 9.47. The third-order valence-corrected chi connectivity index (χ3v) is 4.97. The van der Waals surface area contributed by atoms with Crippen molar-refractivity contribution in [1.82, 2.24) is 0 Å². The maximum atomic E-state index is 11.6. The van der Waals surface area contributed by atoms with E-state index in [0.29, 0.717) is 5.78 Å². The summed E-state index contributed by atoms with van der Waals surface area (Å²) in [5.74, 6) is 1.23. The predicted molar refractivity (Wildman–Crippen MR) is 83.5 cm³/mol. The average Bonchev–Trinajstić information content (AvgIpc) is 3.14. The Morgan fingerprint density at radius 1 is 1.25 bits per heavy atom. The lowest BCUT2D eigenvalue weighted by Crippen LogP contribution is -2.10. The molecular weight excluding hydrogens is 246 g/mol. The molecule has 0 bridgehead atoms. The van der Waals surface area contributed by atoms with E-state index in [4.69, 9.17) is 5.73 Å². The number of ketones is 1. The molecule has 1 aromatic rings. The van der Waals surface area contributed by atoms with E-state index in [9.17, 15) is 4.79 Å². The van der Waals surface area contributed by atoms with Gasteiger partial charge in [-0.3, -0.25) is 4.79 Å². The second-order valence-electron chi connectivity index (χ2n) is 6.52. The molecule has 106 valence electrons. The smallest absolute Gasteiger partial charge is 0.133 e. The van der Waals surface area contributed by atoms with Crippen molar-refractivity contribution in [2.24, 2.45) is 11.8 Å². The lowest BCUT2D eigenvalue weighted by Gasteiger charge is -2.12. The Morgan fingerprint density at radius 2 is 1.95 bits per heavy atom. The molecule has 1 atom stereocenters. The molecule has 2 aliphatic rings. The van der Waals surface area contributed by atoms with E-state index in [2.05, 4.69) is 26.0 Å². The van der Waals surface area contributed by atoms with Gasteiger partial charge in [-0.25, -0.2) is 0 Å². The number of anilines is 1. The van der Waals surface area contributed by atoms with Crippen molar-refractivity contribution in [1.29, 1.82) is 0 Å². The van der Waals surface area contributed by atoms with Crippen molar-refractivity contribution in [2.75, 3.05) is 5.73 Å². The molecule has 3 rings (SSSR count). The number of rotatable bonds is 3. The lowest BCUT2D eigenvalue weighted by atomic mass is 9.95. The molecule has 0 saturated heterocycles. The van der Waals surface area contributed by atoms with Crippen LogP contribution in [0.5, 0.6) is 0 Å². The highest BCUT2D eigenvalue weighted by Gasteiger charge is 2.28. The molecule has 2 aliphatic carbocycles. The molecule has 0 aromatic heterocycles. The van der Waals surface area contributed by atoms with Gasteiger partial charge in [-0.05, 0) is 75.1 Å². The fourth-order valence-electron chi connectivity index (χ4n) is 3.39. The second kappa shape index (κ2) is 4.76. The Hall–Kier alpha value is -1.57. The number of carbonyl (C=O) groups excluding carboxylic acids is 1. The monoisotopic (exact) mass is 269 g/mol. The summed E-state index contributed by atoms with van der Waals surface area (Å²) in [6, 6.07) is 2.09. The molecule has 1 unspecified atom stereocenters. The Morgan fingerprint density at radius 3 is 2.55 bits per heavy atom. The van der Waals surface area contributed by atoms with Crippen LogP contribution < -0.4 is 5.73 Å². The summed E-state index contributed by atoms with van der Waals surface area (Å²) in [4.78, 5) is 11.6. The van der Waals surface area contributed by atoms with Crippen LogP contribution in [0.4, 0.5) is 5.69 Å². The molecule has 0 aliphatic heterocycles. The van der Waals surface area contributed by atoms with Gasteiger partial charge in [0, 0.05) is 17.2 Å². The highest BCUT2D eigenvalue weighted by molar-refractivity contribution is 5.81. The van der Waals surface area contributed by atoms with E-state index in [-0.39, 0.29) is 5.92 Å². The van der Waals surface area contributed by atoms with Gasteiger partial charge in [0.25, 0.3) is 0 Å². The summed E-state index contributed by atoms with van der Waals surface area (Å²) in [6.07, 6.45) is 6.66. The van der Waals surface area contributed by atoms with Crippen LogP contribution in [0.25, 0.3) is 6.08 Å². The van der Waals surface area contributed by atoms with E-state index >= 15 is 0 Å². The van der Waals surface area contributed by atoms with Crippen LogP contribution in [-0.2, 0) is 17.6 Å². The summed E-state index contributed by atoms with van der Waals surface area (Å²) >= 11 is 0. The summed E-state index contributed by atoms with van der Waals surface area (Å²) in [5.41, 5.74) is 13.7. The molecule has 0 heterocycles. The van der Waals surface area contributed by atoms with Crippen molar-refractivity contribution in [3.8, 4) is 0 Å². The zero-order valence-corrected chi connectivity index (χ0v) is 12.6. The summed E-state index contributed by atoms with van der Waals surface area (Å²) < 4.78 is 0. The van der Waals surface area contributed by atoms with Crippen LogP contribution in [0.3, 0.4) is 0 Å². The van der Waals surface area contributed by atoms with Crippen molar-refractivity contribution in [2.45, 2.75) is 46.5 Å². The number of benzene rings is 1. The Labute approximate surface area is 121 Å². The number of Topliss-reactive ketones (excluding diaryl/α,β-unsaturated/α-hetero) is 1. The zero-order valence-electron chi connectivity index (χ0n) is 12.6. The first-order valence-corrected chi connectivity index (χ1v) is 7.56. The maximum Gasteiger partial charge on any atom is 0.133 e. The molecule has 0 radical (unpaired) electrons. The predicted octanol–water partition coefficient (Wildman–Crippen LogP) is 3.69. The molecular formula is C18H23NO. The number of hydrogen-bond acceptors (Lipinski definition) is 2. The van der Waals surface area contributed by atoms with Gasteiger partial charge in [0.1, 0.15) is 5.78 Å². The van der Waals surface area contributed by atoms with Crippen LogP contribution in [0.15, 0.2) is 11.6 Å². The van der Waals surface area contributed by atoms with Gasteiger partial charge in [0.15, 0.2) is 0 Å². The first kappa shape index (κ1) is 13.4. The standard InChI is InChI=1S/C18H23NO/c1-10(13-4-5-13)6-17-11(2)16-8-14(12(3)20)7-15(16)9-18(17)19/h6,9,13-14H,4-5,7-8,19H2,1-3H3/b10-6+. The van der Waals surface area contributed by atoms with Crippen LogP contribution in [0, 0.1) is 18.8 Å². The highest BCUT2D eigenvalue weighted by Crippen LogP contribution is 2.40. The van der Waals surface area contributed by atoms with Gasteiger partial charge in [-0.2, -0.15) is 0 Å². The second-order valence-corrected chi connectivity index (χ2v) is 6.52. The Balaban J connectivity index is 2.00. The molecule has 1 fully saturated rings. The van der Waals surface area contributed by atoms with Gasteiger partial charge in [0.05, 0.1) is 0 Å². The normalized spacial score (nSPS) is 21.9. The van der Waals surface area contributed by atoms with Crippen LogP contribution >= 0.6 is 0 Å². The summed E-state index contributed by atoms with van der Waals surface area (Å²) in [7, 11) is 0. The minimum Gasteiger partial charge on any atom is -0.398 e.